The molecular formula is C28H36N4O3. The highest BCUT2D eigenvalue weighted by molar-refractivity contribution is 5.82. The van der Waals surface area contributed by atoms with Crippen LogP contribution in [0, 0.1) is 16.7 Å². The fraction of sp³-hybridized carbons (Fsp3) is 0.464. The van der Waals surface area contributed by atoms with Crippen molar-refractivity contribution in [3.63, 3.8) is 0 Å². The molecule has 0 saturated carbocycles. The zero-order valence-electron chi connectivity index (χ0n) is 21.0. The third-order valence-corrected chi connectivity index (χ3v) is 6.12. The third kappa shape index (κ3) is 8.11. The van der Waals surface area contributed by atoms with E-state index < -0.39 is 5.41 Å². The van der Waals surface area contributed by atoms with Crippen molar-refractivity contribution in [3.05, 3.63) is 54.1 Å². The molecule has 1 N–H and O–H groups in total. The van der Waals surface area contributed by atoms with E-state index in [0.717, 1.165) is 56.0 Å². The summed E-state index contributed by atoms with van der Waals surface area (Å²) >= 11 is 0. The highest BCUT2D eigenvalue weighted by Crippen LogP contribution is 2.23. The molecule has 0 atom stereocenters. The fourth-order valence-corrected chi connectivity index (χ4v) is 3.89. The number of hydrogen-bond acceptors (Lipinski definition) is 5. The summed E-state index contributed by atoms with van der Waals surface area (Å²) in [6.07, 6.45) is 1.27. The number of benzene rings is 2. The van der Waals surface area contributed by atoms with Crippen molar-refractivity contribution in [2.45, 2.75) is 33.6 Å². The molecule has 1 fully saturated rings. The average molecular weight is 477 g/mol. The molecule has 186 valence electrons. The van der Waals surface area contributed by atoms with Crippen LogP contribution < -0.4 is 10.1 Å². The molecule has 2 aromatic rings. The van der Waals surface area contributed by atoms with E-state index in [2.05, 4.69) is 16.3 Å². The molecule has 7 nitrogen and oxygen atoms in total. The third-order valence-electron chi connectivity index (χ3n) is 6.12. The van der Waals surface area contributed by atoms with Gasteiger partial charge in [0, 0.05) is 51.1 Å². The largest absolute Gasteiger partial charge is 0.494 e. The number of nitrogens with zero attached hydrogens (tertiary/aromatic N) is 3. The fourth-order valence-electron chi connectivity index (χ4n) is 3.89. The Kier molecular flexibility index (Phi) is 9.27. The Balaban J connectivity index is 1.30. The average Bonchev–Trinajstić information content (AvgIpc) is 2.86. The van der Waals surface area contributed by atoms with Gasteiger partial charge in [-0.25, -0.2) is 0 Å². The van der Waals surface area contributed by atoms with Crippen LogP contribution in [0.3, 0.4) is 0 Å². The first-order valence-corrected chi connectivity index (χ1v) is 12.3. The molecule has 3 rings (SSSR count). The lowest BCUT2D eigenvalue weighted by atomic mass is 9.96. The van der Waals surface area contributed by atoms with E-state index in [1.165, 1.54) is 0 Å². The van der Waals surface area contributed by atoms with Gasteiger partial charge in [-0.1, -0.05) is 45.0 Å². The van der Waals surface area contributed by atoms with Gasteiger partial charge in [0.1, 0.15) is 5.75 Å². The van der Waals surface area contributed by atoms with Gasteiger partial charge in [-0.2, -0.15) is 5.26 Å². The first kappa shape index (κ1) is 26.2. The van der Waals surface area contributed by atoms with Gasteiger partial charge in [0.05, 0.1) is 18.2 Å². The molecule has 7 heteroatoms. The maximum atomic E-state index is 12.4. The van der Waals surface area contributed by atoms with Crippen molar-refractivity contribution >= 4 is 11.8 Å². The summed E-state index contributed by atoms with van der Waals surface area (Å²) < 4.78 is 5.90. The molecule has 0 radical (unpaired) electrons. The molecule has 0 aromatic heterocycles. The van der Waals surface area contributed by atoms with E-state index >= 15 is 0 Å². The summed E-state index contributed by atoms with van der Waals surface area (Å²) in [6, 6.07) is 17.7. The first-order chi connectivity index (χ1) is 16.8. The van der Waals surface area contributed by atoms with Crippen molar-refractivity contribution in [2.24, 2.45) is 5.41 Å². The number of nitriles is 1. The van der Waals surface area contributed by atoms with Crippen LogP contribution in [-0.2, 0) is 9.59 Å². The van der Waals surface area contributed by atoms with Crippen LogP contribution in [-0.4, -0.2) is 67.5 Å². The van der Waals surface area contributed by atoms with Crippen LogP contribution in [0.25, 0.3) is 11.1 Å². The number of carbonyl (C=O) groups excluding carboxylic acids is 2. The Morgan fingerprint density at radius 1 is 0.971 bits per heavy atom. The SMILES string of the molecule is CC(C)(C)C(=O)NCCC(=O)N1CCN(CCCOc2ccc(-c3ccc(C#N)cc3)cc2)CC1. The van der Waals surface area contributed by atoms with E-state index in [0.29, 0.717) is 25.1 Å². The quantitative estimate of drug-likeness (QED) is 0.558. The Labute approximate surface area is 208 Å². The lowest BCUT2D eigenvalue weighted by Crippen LogP contribution is -2.49. The van der Waals surface area contributed by atoms with Gasteiger partial charge in [-0.05, 0) is 41.8 Å². The Hall–Kier alpha value is -3.37. The van der Waals surface area contributed by atoms with E-state index in [-0.39, 0.29) is 11.8 Å². The van der Waals surface area contributed by atoms with Crippen LogP contribution in [0.1, 0.15) is 39.2 Å². The molecule has 0 spiro atoms. The number of amides is 2. The first-order valence-electron chi connectivity index (χ1n) is 12.3. The molecule has 0 aliphatic carbocycles. The number of nitrogens with one attached hydrogen (secondary N) is 1. The minimum atomic E-state index is -0.437. The molecule has 1 aliphatic rings. The molecule has 1 aliphatic heterocycles. The zero-order chi connectivity index (χ0) is 25.3. The van der Waals surface area contributed by atoms with Crippen molar-refractivity contribution < 1.29 is 14.3 Å². The Bertz CT molecular complexity index is 1010. The van der Waals surface area contributed by atoms with Crippen LogP contribution in [0.4, 0.5) is 0 Å². The summed E-state index contributed by atoms with van der Waals surface area (Å²) in [7, 11) is 0. The monoisotopic (exact) mass is 476 g/mol. The lowest BCUT2D eigenvalue weighted by molar-refractivity contribution is -0.133. The molecule has 35 heavy (non-hydrogen) atoms. The van der Waals surface area contributed by atoms with Gasteiger partial charge < -0.3 is 15.0 Å². The summed E-state index contributed by atoms with van der Waals surface area (Å²) in [6.45, 7) is 10.7. The number of rotatable bonds is 9. The standard InChI is InChI=1S/C28H36N4O3/c1-28(2,3)27(34)30-14-13-26(33)32-18-16-31(17-19-32)15-4-20-35-25-11-9-24(10-12-25)23-7-5-22(21-29)6-8-23/h5-12H,4,13-20H2,1-3H3,(H,30,34). The van der Waals surface area contributed by atoms with Crippen molar-refractivity contribution in [2.75, 3.05) is 45.9 Å². The smallest absolute Gasteiger partial charge is 0.225 e. The second kappa shape index (κ2) is 12.4. The van der Waals surface area contributed by atoms with Gasteiger partial charge in [0.2, 0.25) is 11.8 Å². The summed E-state index contributed by atoms with van der Waals surface area (Å²) in [5, 5.41) is 11.8. The number of carbonyl (C=O) groups is 2. The van der Waals surface area contributed by atoms with Gasteiger partial charge in [0.25, 0.3) is 0 Å². The molecule has 1 saturated heterocycles. The van der Waals surface area contributed by atoms with Crippen LogP contribution in [0.15, 0.2) is 48.5 Å². The number of ether oxygens (including phenoxy) is 1. The minimum absolute atomic E-state index is 0.0282. The normalized spacial score (nSPS) is 14.3. The highest BCUT2D eigenvalue weighted by Gasteiger charge is 2.23. The summed E-state index contributed by atoms with van der Waals surface area (Å²) in [5.41, 5.74) is 2.38. The maximum absolute atomic E-state index is 12.4. The van der Waals surface area contributed by atoms with Gasteiger partial charge in [-0.3, -0.25) is 14.5 Å². The van der Waals surface area contributed by atoms with E-state index in [1.807, 2.05) is 74.2 Å². The molecule has 0 bridgehead atoms. The molecule has 2 aromatic carbocycles. The molecule has 0 unspecified atom stereocenters. The summed E-state index contributed by atoms with van der Waals surface area (Å²) in [5.74, 6) is 0.919. The van der Waals surface area contributed by atoms with Crippen molar-refractivity contribution in [3.8, 4) is 22.9 Å². The van der Waals surface area contributed by atoms with Crippen LogP contribution in [0.5, 0.6) is 5.75 Å². The van der Waals surface area contributed by atoms with Gasteiger partial charge >= 0.3 is 0 Å². The summed E-state index contributed by atoms with van der Waals surface area (Å²) in [4.78, 5) is 28.6. The predicted octanol–water partition coefficient (Wildman–Crippen LogP) is 3.69. The lowest BCUT2D eigenvalue weighted by Gasteiger charge is -2.34. The minimum Gasteiger partial charge on any atom is -0.494 e. The molecular weight excluding hydrogens is 440 g/mol. The van der Waals surface area contributed by atoms with E-state index in [1.54, 1.807) is 0 Å². The Morgan fingerprint density at radius 2 is 1.57 bits per heavy atom. The van der Waals surface area contributed by atoms with E-state index in [9.17, 15) is 9.59 Å². The van der Waals surface area contributed by atoms with Crippen LogP contribution in [0.2, 0.25) is 0 Å². The predicted molar refractivity (Wildman–Crippen MR) is 137 cm³/mol. The molecule has 2 amide bonds. The second-order valence-electron chi connectivity index (χ2n) is 9.89. The topological polar surface area (TPSA) is 85.7 Å². The van der Waals surface area contributed by atoms with Crippen molar-refractivity contribution in [1.29, 1.82) is 5.26 Å². The van der Waals surface area contributed by atoms with Gasteiger partial charge in [0.15, 0.2) is 0 Å². The van der Waals surface area contributed by atoms with Crippen LogP contribution >= 0.6 is 0 Å². The molecule has 1 heterocycles. The second-order valence-corrected chi connectivity index (χ2v) is 9.89. The number of piperazine rings is 1. The maximum Gasteiger partial charge on any atom is 0.225 e. The van der Waals surface area contributed by atoms with E-state index in [4.69, 9.17) is 10.00 Å². The number of hydrogen-bond donors (Lipinski definition) is 1. The highest BCUT2D eigenvalue weighted by atomic mass is 16.5. The van der Waals surface area contributed by atoms with Gasteiger partial charge in [-0.15, -0.1) is 0 Å². The van der Waals surface area contributed by atoms with Crippen molar-refractivity contribution in [1.82, 2.24) is 15.1 Å². The zero-order valence-corrected chi connectivity index (χ0v) is 21.0. The Morgan fingerprint density at radius 3 is 2.14 bits per heavy atom.